The number of aromatic nitrogens is 2. The van der Waals surface area contributed by atoms with E-state index < -0.39 is 0 Å². The number of H-pyrrole nitrogens is 1. The Morgan fingerprint density at radius 3 is 2.08 bits per heavy atom. The molecule has 1 atom stereocenters. The molecule has 0 radical (unpaired) electrons. The zero-order valence-corrected chi connectivity index (χ0v) is 26.3. The summed E-state index contributed by atoms with van der Waals surface area (Å²) >= 11 is 0. The van der Waals surface area contributed by atoms with Crippen LogP contribution in [0.4, 0.5) is 11.4 Å². The fourth-order valence-electron chi connectivity index (χ4n) is 7.80. The summed E-state index contributed by atoms with van der Waals surface area (Å²) in [6.45, 7) is 0.863. The average molecular weight is 618 g/mol. The Kier molecular flexibility index (Phi) is 6.05. The Bertz CT molecular complexity index is 2650. The molecule has 1 unspecified atom stereocenters. The molecule has 3 heterocycles. The van der Waals surface area contributed by atoms with E-state index in [0.717, 1.165) is 12.1 Å². The molecule has 0 spiro atoms. The number of nitrogens with one attached hydrogen (secondary N) is 2. The molecule has 0 fully saturated rings. The van der Waals surface area contributed by atoms with Crippen LogP contribution in [0.15, 0.2) is 158 Å². The minimum Gasteiger partial charge on any atom is -0.374 e. The fourth-order valence-corrected chi connectivity index (χ4v) is 7.80. The molecule has 48 heavy (non-hydrogen) atoms. The molecule has 2 aromatic heterocycles. The van der Waals surface area contributed by atoms with Crippen molar-refractivity contribution in [1.29, 1.82) is 0 Å². The second kappa shape index (κ2) is 10.7. The highest BCUT2D eigenvalue weighted by Crippen LogP contribution is 2.39. The van der Waals surface area contributed by atoms with Gasteiger partial charge in [-0.1, -0.05) is 91.0 Å². The van der Waals surface area contributed by atoms with Gasteiger partial charge < -0.3 is 20.2 Å². The maximum atomic E-state index is 3.85. The van der Waals surface area contributed by atoms with Gasteiger partial charge in [-0.3, -0.25) is 0 Å². The van der Waals surface area contributed by atoms with Crippen molar-refractivity contribution in [1.82, 2.24) is 9.55 Å². The fraction of sp³-hybridized carbons (Fsp3) is 0.0455. The van der Waals surface area contributed by atoms with E-state index in [0.29, 0.717) is 0 Å². The molecular formula is C44H33N4+. The Labute approximate surface area is 278 Å². The molecule has 9 aromatic rings. The molecule has 4 heteroatoms. The van der Waals surface area contributed by atoms with Crippen molar-refractivity contribution in [3.05, 3.63) is 163 Å². The van der Waals surface area contributed by atoms with E-state index in [4.69, 9.17) is 0 Å². The smallest absolute Gasteiger partial charge is 0.153 e. The van der Waals surface area contributed by atoms with Crippen LogP contribution in [0.3, 0.4) is 0 Å². The Morgan fingerprint density at radius 2 is 1.21 bits per heavy atom. The number of aromatic amines is 1. The summed E-state index contributed by atoms with van der Waals surface area (Å²) in [6, 6.07) is 57.6. The van der Waals surface area contributed by atoms with Crippen molar-refractivity contribution in [3.8, 4) is 27.9 Å². The van der Waals surface area contributed by atoms with Gasteiger partial charge in [0.05, 0.1) is 28.8 Å². The van der Waals surface area contributed by atoms with Crippen LogP contribution in [0.5, 0.6) is 0 Å². The quantitative estimate of drug-likeness (QED) is 0.169. The lowest BCUT2D eigenvalue weighted by molar-refractivity contribution is -0.616. The van der Waals surface area contributed by atoms with E-state index in [1.807, 2.05) is 0 Å². The van der Waals surface area contributed by atoms with Gasteiger partial charge in [-0.2, -0.15) is 0 Å². The lowest BCUT2D eigenvalue weighted by atomic mass is 9.94. The molecule has 1 aliphatic heterocycles. The number of quaternary nitrogens is 1. The van der Waals surface area contributed by atoms with Crippen molar-refractivity contribution < 1.29 is 5.32 Å². The molecule has 10 rings (SSSR count). The highest BCUT2D eigenvalue weighted by Gasteiger charge is 2.27. The Balaban J connectivity index is 1.15. The first-order chi connectivity index (χ1) is 23.8. The Morgan fingerprint density at radius 1 is 0.521 bits per heavy atom. The number of anilines is 1. The number of fused-ring (bicyclic) bond motifs is 7. The number of rotatable bonds is 4. The van der Waals surface area contributed by atoms with Crippen molar-refractivity contribution in [2.24, 2.45) is 0 Å². The molecule has 7 aromatic carbocycles. The van der Waals surface area contributed by atoms with Gasteiger partial charge in [0.2, 0.25) is 0 Å². The van der Waals surface area contributed by atoms with Gasteiger partial charge in [0.15, 0.2) is 5.69 Å². The summed E-state index contributed by atoms with van der Waals surface area (Å²) < 4.78 is 2.37. The number of hydrogen-bond acceptors (Lipinski definition) is 1. The first-order valence-electron chi connectivity index (χ1n) is 16.7. The SMILES string of the molecule is c1ccc(-c2cc(C3CNc4ccccc4[NH2+]3)c3[nH]c4ccc(-c5ccc6c(c5)c5ccccc5n6-c5ccccc5)cc4c3c2)cc1. The van der Waals surface area contributed by atoms with Crippen LogP contribution in [0.1, 0.15) is 11.6 Å². The van der Waals surface area contributed by atoms with Crippen molar-refractivity contribution >= 4 is 55.0 Å². The summed E-state index contributed by atoms with van der Waals surface area (Å²) in [7, 11) is 0. The molecule has 0 bridgehead atoms. The third kappa shape index (κ3) is 4.27. The molecule has 0 saturated carbocycles. The van der Waals surface area contributed by atoms with Crippen molar-refractivity contribution in [2.45, 2.75) is 6.04 Å². The summed E-state index contributed by atoms with van der Waals surface area (Å²) in [5.74, 6) is 0. The molecule has 0 amide bonds. The van der Waals surface area contributed by atoms with E-state index in [1.54, 1.807) is 0 Å². The second-order valence-electron chi connectivity index (χ2n) is 12.9. The van der Waals surface area contributed by atoms with Crippen LogP contribution in [-0.4, -0.2) is 16.1 Å². The number of benzene rings is 7. The van der Waals surface area contributed by atoms with E-state index in [2.05, 4.69) is 178 Å². The van der Waals surface area contributed by atoms with Gasteiger partial charge in [-0.05, 0) is 82.9 Å². The normalized spacial score (nSPS) is 14.5. The van der Waals surface area contributed by atoms with Gasteiger partial charge in [0.25, 0.3) is 0 Å². The number of para-hydroxylation sites is 4. The van der Waals surface area contributed by atoms with Gasteiger partial charge in [0.1, 0.15) is 6.04 Å². The van der Waals surface area contributed by atoms with Crippen LogP contribution in [-0.2, 0) is 0 Å². The third-order valence-electron chi connectivity index (χ3n) is 10.1. The first kappa shape index (κ1) is 27.1. The summed E-state index contributed by atoms with van der Waals surface area (Å²) in [5.41, 5.74) is 14.7. The first-order valence-corrected chi connectivity index (χ1v) is 16.7. The summed E-state index contributed by atoms with van der Waals surface area (Å²) in [5, 5.41) is 11.2. The van der Waals surface area contributed by atoms with E-state index in [-0.39, 0.29) is 6.04 Å². The minimum atomic E-state index is 0.239. The number of hydrogen-bond donors (Lipinski definition) is 3. The Hall–Kier alpha value is -6.10. The van der Waals surface area contributed by atoms with Crippen LogP contribution in [0, 0.1) is 0 Å². The monoisotopic (exact) mass is 617 g/mol. The predicted molar refractivity (Wildman–Crippen MR) is 200 cm³/mol. The average Bonchev–Trinajstić information content (AvgIpc) is 3.70. The standard InChI is InChI=1S/C44H32N4/c1-3-11-28(12-4-1)31-25-36-34-23-29(19-21-38(34)47-44(36)37(26-31)41-27-45-39-16-8-9-17-40(39)46-41)30-20-22-43-35(24-30)33-15-7-10-18-42(33)48(43)32-13-5-2-6-14-32/h1-26,41,45-47H,27H2/p+1. The predicted octanol–water partition coefficient (Wildman–Crippen LogP) is 10.1. The van der Waals surface area contributed by atoms with Gasteiger partial charge in [-0.15, -0.1) is 0 Å². The topological polar surface area (TPSA) is 49.4 Å². The second-order valence-corrected chi connectivity index (χ2v) is 12.9. The molecule has 228 valence electrons. The molecular weight excluding hydrogens is 585 g/mol. The number of nitrogens with two attached hydrogens (primary N) is 1. The summed E-state index contributed by atoms with van der Waals surface area (Å²) in [6.07, 6.45) is 0. The van der Waals surface area contributed by atoms with Gasteiger partial charge >= 0.3 is 0 Å². The molecule has 0 saturated heterocycles. The van der Waals surface area contributed by atoms with Crippen LogP contribution in [0.2, 0.25) is 0 Å². The lowest BCUT2D eigenvalue weighted by Crippen LogP contribution is -2.82. The molecule has 4 N–H and O–H groups in total. The van der Waals surface area contributed by atoms with E-state index in [1.165, 1.54) is 83.0 Å². The van der Waals surface area contributed by atoms with Gasteiger partial charge in [0, 0.05) is 44.4 Å². The minimum absolute atomic E-state index is 0.239. The number of nitrogens with zero attached hydrogens (tertiary/aromatic N) is 1. The highest BCUT2D eigenvalue weighted by atomic mass is 15.1. The zero-order chi connectivity index (χ0) is 31.6. The van der Waals surface area contributed by atoms with Crippen molar-refractivity contribution in [2.75, 3.05) is 11.9 Å². The molecule has 4 nitrogen and oxygen atoms in total. The van der Waals surface area contributed by atoms with Crippen LogP contribution >= 0.6 is 0 Å². The summed E-state index contributed by atoms with van der Waals surface area (Å²) in [4.78, 5) is 3.85. The molecule has 0 aliphatic carbocycles. The lowest BCUT2D eigenvalue weighted by Gasteiger charge is -2.25. The van der Waals surface area contributed by atoms with Crippen LogP contribution < -0.4 is 10.6 Å². The largest absolute Gasteiger partial charge is 0.374 e. The van der Waals surface area contributed by atoms with Crippen LogP contribution in [0.25, 0.3) is 71.6 Å². The van der Waals surface area contributed by atoms with Gasteiger partial charge in [-0.25, -0.2) is 0 Å². The third-order valence-corrected chi connectivity index (χ3v) is 10.1. The molecule has 1 aliphatic rings. The maximum absolute atomic E-state index is 3.85. The maximum Gasteiger partial charge on any atom is 0.153 e. The van der Waals surface area contributed by atoms with E-state index >= 15 is 0 Å². The highest BCUT2D eigenvalue weighted by molar-refractivity contribution is 6.13. The van der Waals surface area contributed by atoms with Crippen molar-refractivity contribution in [3.63, 3.8) is 0 Å². The zero-order valence-electron chi connectivity index (χ0n) is 26.3. The van der Waals surface area contributed by atoms with E-state index in [9.17, 15) is 0 Å².